The van der Waals surface area contributed by atoms with Gasteiger partial charge < -0.3 is 5.32 Å². The maximum absolute atomic E-state index is 12.1. The fourth-order valence-corrected chi connectivity index (χ4v) is 5.72. The van der Waals surface area contributed by atoms with E-state index < -0.39 is 0 Å². The van der Waals surface area contributed by atoms with Crippen molar-refractivity contribution in [2.24, 2.45) is 5.92 Å². The number of amides is 1. The van der Waals surface area contributed by atoms with Crippen LogP contribution in [-0.4, -0.2) is 17.3 Å². The van der Waals surface area contributed by atoms with Crippen LogP contribution in [0.5, 0.6) is 0 Å². The van der Waals surface area contributed by atoms with Gasteiger partial charge in [-0.3, -0.25) is 4.79 Å². The summed E-state index contributed by atoms with van der Waals surface area (Å²) in [7, 11) is 0. The number of carbonyl (C=O) groups excluding carboxylic acids is 1. The molecule has 94 valence electrons. The van der Waals surface area contributed by atoms with E-state index in [1.54, 1.807) is 0 Å². The average Bonchev–Trinajstić information content (AvgIpc) is 2.84. The van der Waals surface area contributed by atoms with Crippen molar-refractivity contribution < 1.29 is 4.79 Å². The largest absolute Gasteiger partial charge is 0.349 e. The fraction of sp³-hybridized carbons (Fsp3) is 0.545. The molecular weight excluding hydrogens is 434 g/mol. The second kappa shape index (κ2) is 6.17. The van der Waals surface area contributed by atoms with Crippen molar-refractivity contribution in [2.75, 3.05) is 5.33 Å². The fourth-order valence-electron chi connectivity index (χ4n) is 2.15. The summed E-state index contributed by atoms with van der Waals surface area (Å²) < 4.78 is 1.85. The number of rotatable bonds is 3. The molecule has 1 saturated carbocycles. The van der Waals surface area contributed by atoms with E-state index in [0.717, 1.165) is 24.9 Å². The minimum absolute atomic E-state index is 0.0247. The summed E-state index contributed by atoms with van der Waals surface area (Å²) in [5, 5.41) is 4.10. The monoisotopic (exact) mass is 443 g/mol. The molecule has 2 rings (SSSR count). The van der Waals surface area contributed by atoms with Gasteiger partial charge in [0.1, 0.15) is 0 Å². The highest BCUT2D eigenvalue weighted by molar-refractivity contribution is 9.12. The van der Waals surface area contributed by atoms with Crippen molar-refractivity contribution in [3.05, 3.63) is 19.2 Å². The summed E-state index contributed by atoms with van der Waals surface area (Å²) in [6.07, 6.45) is 3.49. The lowest BCUT2D eigenvalue weighted by molar-refractivity contribution is 0.0930. The molecule has 1 amide bonds. The molecule has 0 aliphatic heterocycles. The van der Waals surface area contributed by atoms with Crippen LogP contribution in [0.3, 0.4) is 0 Å². The van der Waals surface area contributed by atoms with Crippen molar-refractivity contribution in [1.29, 1.82) is 0 Å². The van der Waals surface area contributed by atoms with Crippen LogP contribution in [0, 0.1) is 5.92 Å². The normalized spacial score (nSPS) is 23.9. The van der Waals surface area contributed by atoms with E-state index in [-0.39, 0.29) is 5.91 Å². The van der Waals surface area contributed by atoms with Gasteiger partial charge in [0.15, 0.2) is 0 Å². The highest BCUT2D eigenvalue weighted by Gasteiger charge is 2.28. The highest BCUT2D eigenvalue weighted by Crippen LogP contribution is 2.33. The molecular formula is C11H12Br3NOS. The molecule has 0 aromatic carbocycles. The van der Waals surface area contributed by atoms with Gasteiger partial charge in [-0.2, -0.15) is 0 Å². The first-order valence-corrected chi connectivity index (χ1v) is 8.96. The molecule has 1 aromatic rings. The third kappa shape index (κ3) is 3.33. The van der Waals surface area contributed by atoms with Gasteiger partial charge in [-0.05, 0) is 56.7 Å². The lowest BCUT2D eigenvalue weighted by Crippen LogP contribution is -2.37. The number of carbonyl (C=O) groups is 1. The van der Waals surface area contributed by atoms with Crippen molar-refractivity contribution in [3.63, 3.8) is 0 Å². The lowest BCUT2D eigenvalue weighted by atomic mass is 10.1. The van der Waals surface area contributed by atoms with Crippen molar-refractivity contribution in [3.8, 4) is 0 Å². The predicted molar refractivity (Wildman–Crippen MR) is 82.1 cm³/mol. The Labute approximate surface area is 130 Å². The topological polar surface area (TPSA) is 29.1 Å². The Kier molecular flexibility index (Phi) is 5.09. The quantitative estimate of drug-likeness (QED) is 0.678. The Morgan fingerprint density at radius 2 is 2.24 bits per heavy atom. The zero-order chi connectivity index (χ0) is 12.4. The van der Waals surface area contributed by atoms with E-state index in [2.05, 4.69) is 53.1 Å². The molecule has 0 radical (unpaired) electrons. The first kappa shape index (κ1) is 14.0. The van der Waals surface area contributed by atoms with Crippen molar-refractivity contribution >= 4 is 65.0 Å². The van der Waals surface area contributed by atoms with Crippen LogP contribution in [-0.2, 0) is 0 Å². The summed E-state index contributed by atoms with van der Waals surface area (Å²) >= 11 is 11.8. The third-order valence-electron chi connectivity index (χ3n) is 3.08. The first-order chi connectivity index (χ1) is 8.11. The molecule has 1 aliphatic rings. The number of nitrogens with one attached hydrogen (secondary N) is 1. The van der Waals surface area contributed by atoms with E-state index >= 15 is 0 Å². The van der Waals surface area contributed by atoms with Crippen LogP contribution >= 0.6 is 59.1 Å². The van der Waals surface area contributed by atoms with Gasteiger partial charge in [0.25, 0.3) is 5.91 Å². The van der Waals surface area contributed by atoms with E-state index in [1.165, 1.54) is 24.2 Å². The smallest absolute Gasteiger partial charge is 0.253 e. The van der Waals surface area contributed by atoms with E-state index in [1.807, 2.05) is 6.07 Å². The highest BCUT2D eigenvalue weighted by atomic mass is 79.9. The first-order valence-electron chi connectivity index (χ1n) is 5.43. The maximum atomic E-state index is 12.1. The molecule has 6 heteroatoms. The number of thiophene rings is 1. The predicted octanol–water partition coefficient (Wildman–Crippen LogP) is 4.57. The zero-order valence-corrected chi connectivity index (χ0v) is 14.6. The van der Waals surface area contributed by atoms with Gasteiger partial charge >= 0.3 is 0 Å². The molecule has 1 aliphatic carbocycles. The van der Waals surface area contributed by atoms with Gasteiger partial charge in [-0.1, -0.05) is 22.4 Å². The SMILES string of the molecule is O=C(NC1CCCC1CBr)c1cc(Br)sc1Br. The second-order valence-electron chi connectivity index (χ2n) is 4.16. The van der Waals surface area contributed by atoms with Gasteiger partial charge in [0.05, 0.1) is 13.1 Å². The second-order valence-corrected chi connectivity index (χ2v) is 8.56. The van der Waals surface area contributed by atoms with Gasteiger partial charge in [0.2, 0.25) is 0 Å². The summed E-state index contributed by atoms with van der Waals surface area (Å²) in [6.45, 7) is 0. The molecule has 1 heterocycles. The van der Waals surface area contributed by atoms with Crippen molar-refractivity contribution in [2.45, 2.75) is 25.3 Å². The standard InChI is InChI=1S/C11H12Br3NOS/c12-5-6-2-1-3-8(6)15-11(16)7-4-9(13)17-10(7)14/h4,6,8H,1-3,5H2,(H,15,16). The number of halogens is 3. The molecule has 1 aromatic heterocycles. The molecule has 1 N–H and O–H groups in total. The summed E-state index contributed by atoms with van der Waals surface area (Å²) in [5.74, 6) is 0.594. The Morgan fingerprint density at radius 1 is 1.47 bits per heavy atom. The Balaban J connectivity index is 2.04. The van der Waals surface area contributed by atoms with Gasteiger partial charge in [-0.25, -0.2) is 0 Å². The van der Waals surface area contributed by atoms with Gasteiger partial charge in [0, 0.05) is 11.4 Å². The van der Waals surface area contributed by atoms with E-state index in [9.17, 15) is 4.79 Å². The molecule has 2 atom stereocenters. The molecule has 17 heavy (non-hydrogen) atoms. The Morgan fingerprint density at radius 3 is 2.82 bits per heavy atom. The molecule has 2 unspecified atom stereocenters. The molecule has 0 spiro atoms. The summed E-state index contributed by atoms with van der Waals surface area (Å²) in [5.41, 5.74) is 0.724. The third-order valence-corrected chi connectivity index (χ3v) is 6.25. The Bertz CT molecular complexity index is 421. The molecule has 2 nitrogen and oxygen atoms in total. The number of alkyl halides is 1. The molecule has 0 bridgehead atoms. The van der Waals surface area contributed by atoms with Crippen molar-refractivity contribution in [1.82, 2.24) is 5.32 Å². The Hall–Kier alpha value is 0.610. The minimum atomic E-state index is 0.0247. The van der Waals surface area contributed by atoms with Crippen LogP contribution in [0.1, 0.15) is 29.6 Å². The zero-order valence-electron chi connectivity index (χ0n) is 9.01. The number of hydrogen-bond acceptors (Lipinski definition) is 2. The van der Waals surface area contributed by atoms with Crippen LogP contribution in [0.2, 0.25) is 0 Å². The summed E-state index contributed by atoms with van der Waals surface area (Å²) in [6, 6.07) is 2.18. The van der Waals surface area contributed by atoms with E-state index in [4.69, 9.17) is 0 Å². The molecule has 0 saturated heterocycles. The maximum Gasteiger partial charge on any atom is 0.253 e. The summed E-state index contributed by atoms with van der Waals surface area (Å²) in [4.78, 5) is 12.1. The minimum Gasteiger partial charge on any atom is -0.349 e. The average molecular weight is 446 g/mol. The van der Waals surface area contributed by atoms with Gasteiger partial charge in [-0.15, -0.1) is 11.3 Å². The van der Waals surface area contributed by atoms with Crippen LogP contribution in [0.25, 0.3) is 0 Å². The van der Waals surface area contributed by atoms with Crippen LogP contribution < -0.4 is 5.32 Å². The number of hydrogen-bond donors (Lipinski definition) is 1. The molecule has 1 fully saturated rings. The van der Waals surface area contributed by atoms with Crippen LogP contribution in [0.4, 0.5) is 0 Å². The van der Waals surface area contributed by atoms with Crippen LogP contribution in [0.15, 0.2) is 13.6 Å². The van der Waals surface area contributed by atoms with E-state index in [0.29, 0.717) is 12.0 Å². The lowest BCUT2D eigenvalue weighted by Gasteiger charge is -2.18.